The third kappa shape index (κ3) is 4.15. The second kappa shape index (κ2) is 6.96. The summed E-state index contributed by atoms with van der Waals surface area (Å²) >= 11 is 0. The lowest BCUT2D eigenvalue weighted by Gasteiger charge is -2.21. The molecular formula is C11H20N4O2S. The molecule has 2 rings (SSSR count). The van der Waals surface area contributed by atoms with Crippen LogP contribution < -0.4 is 5.32 Å². The molecule has 7 heteroatoms. The molecule has 0 amide bonds. The summed E-state index contributed by atoms with van der Waals surface area (Å²) < 4.78 is 13.0. The number of aryl methyl sites for hydroxylation is 1. The number of rotatable bonds is 6. The van der Waals surface area contributed by atoms with E-state index in [0.29, 0.717) is 25.6 Å². The summed E-state index contributed by atoms with van der Waals surface area (Å²) in [5.41, 5.74) is 0.916. The molecule has 0 aliphatic carbocycles. The average Bonchev–Trinajstić information content (AvgIpc) is 2.84. The standard InChI is InChI=1S/C11H20N4O2S/c16-5-1-4-15-9-11(13-14-15)8-12-10-2-6-18(17)7-3-10/h9-10,12,16H,1-8H2. The van der Waals surface area contributed by atoms with Gasteiger partial charge in [0, 0.05) is 54.2 Å². The van der Waals surface area contributed by atoms with Gasteiger partial charge in [0.2, 0.25) is 0 Å². The Morgan fingerprint density at radius 1 is 1.50 bits per heavy atom. The Hall–Kier alpha value is -0.790. The third-order valence-electron chi connectivity index (χ3n) is 3.09. The van der Waals surface area contributed by atoms with Gasteiger partial charge in [0.1, 0.15) is 0 Å². The van der Waals surface area contributed by atoms with Crippen LogP contribution in [0.1, 0.15) is 25.0 Å². The molecule has 1 saturated heterocycles. The van der Waals surface area contributed by atoms with Crippen LogP contribution in [0.25, 0.3) is 0 Å². The van der Waals surface area contributed by atoms with E-state index in [-0.39, 0.29) is 6.61 Å². The average molecular weight is 272 g/mol. The van der Waals surface area contributed by atoms with Crippen molar-refractivity contribution in [2.45, 2.75) is 38.4 Å². The Labute approximate surface area is 109 Å². The Kier molecular flexibility index (Phi) is 5.27. The normalized spacial score (nSPS) is 24.3. The van der Waals surface area contributed by atoms with Crippen molar-refractivity contribution in [1.82, 2.24) is 20.3 Å². The van der Waals surface area contributed by atoms with E-state index in [4.69, 9.17) is 5.11 Å². The van der Waals surface area contributed by atoms with E-state index in [0.717, 1.165) is 30.0 Å². The second-order valence-corrected chi connectivity index (χ2v) is 6.25. The van der Waals surface area contributed by atoms with Gasteiger partial charge in [0.15, 0.2) is 0 Å². The van der Waals surface area contributed by atoms with Gasteiger partial charge in [-0.05, 0) is 19.3 Å². The van der Waals surface area contributed by atoms with Crippen LogP contribution in [0.15, 0.2) is 6.20 Å². The number of hydrogen-bond acceptors (Lipinski definition) is 5. The molecule has 18 heavy (non-hydrogen) atoms. The van der Waals surface area contributed by atoms with Crippen LogP contribution in [0, 0.1) is 0 Å². The zero-order valence-corrected chi connectivity index (χ0v) is 11.2. The lowest BCUT2D eigenvalue weighted by Crippen LogP contribution is -2.35. The van der Waals surface area contributed by atoms with E-state index in [1.165, 1.54) is 0 Å². The molecule has 2 N–H and O–H groups in total. The van der Waals surface area contributed by atoms with Gasteiger partial charge in [-0.15, -0.1) is 5.10 Å². The fraction of sp³-hybridized carbons (Fsp3) is 0.818. The van der Waals surface area contributed by atoms with E-state index < -0.39 is 10.8 Å². The fourth-order valence-electron chi connectivity index (χ4n) is 2.01. The Morgan fingerprint density at radius 2 is 2.28 bits per heavy atom. The number of nitrogens with one attached hydrogen (secondary N) is 1. The Morgan fingerprint density at radius 3 is 3.00 bits per heavy atom. The zero-order chi connectivity index (χ0) is 12.8. The first-order valence-corrected chi connectivity index (χ1v) is 7.85. The minimum Gasteiger partial charge on any atom is -0.396 e. The highest BCUT2D eigenvalue weighted by Gasteiger charge is 2.17. The summed E-state index contributed by atoms with van der Waals surface area (Å²) in [7, 11) is -0.604. The maximum atomic E-state index is 11.2. The molecule has 0 bridgehead atoms. The molecule has 0 atom stereocenters. The van der Waals surface area contributed by atoms with Gasteiger partial charge in [-0.25, -0.2) is 0 Å². The van der Waals surface area contributed by atoms with Crippen molar-refractivity contribution in [3.05, 3.63) is 11.9 Å². The minimum atomic E-state index is -0.604. The SMILES string of the molecule is O=S1CCC(NCc2cn(CCCO)nn2)CC1. The number of aromatic nitrogens is 3. The van der Waals surface area contributed by atoms with E-state index in [1.807, 2.05) is 6.20 Å². The predicted molar refractivity (Wildman–Crippen MR) is 69.5 cm³/mol. The van der Waals surface area contributed by atoms with E-state index in [9.17, 15) is 4.21 Å². The van der Waals surface area contributed by atoms with Crippen LogP contribution in [0.5, 0.6) is 0 Å². The Balaban J connectivity index is 1.72. The van der Waals surface area contributed by atoms with Gasteiger partial charge in [-0.1, -0.05) is 5.21 Å². The number of aliphatic hydroxyl groups is 1. The second-order valence-electron chi connectivity index (χ2n) is 4.55. The van der Waals surface area contributed by atoms with Crippen molar-refractivity contribution in [1.29, 1.82) is 0 Å². The summed E-state index contributed by atoms with van der Waals surface area (Å²) in [6, 6.07) is 0.449. The van der Waals surface area contributed by atoms with Crippen molar-refractivity contribution in [2.75, 3.05) is 18.1 Å². The molecule has 6 nitrogen and oxygen atoms in total. The van der Waals surface area contributed by atoms with Crippen molar-refractivity contribution < 1.29 is 9.32 Å². The monoisotopic (exact) mass is 272 g/mol. The number of hydrogen-bond donors (Lipinski definition) is 2. The lowest BCUT2D eigenvalue weighted by atomic mass is 10.1. The molecule has 1 aromatic heterocycles. The molecule has 0 aromatic carbocycles. The molecule has 1 fully saturated rings. The van der Waals surface area contributed by atoms with Crippen LogP contribution in [0.4, 0.5) is 0 Å². The molecule has 102 valence electrons. The molecule has 1 aliphatic rings. The highest BCUT2D eigenvalue weighted by atomic mass is 32.2. The van der Waals surface area contributed by atoms with Crippen LogP contribution in [-0.4, -0.2) is 48.5 Å². The van der Waals surface area contributed by atoms with E-state index in [2.05, 4.69) is 15.6 Å². The third-order valence-corrected chi connectivity index (χ3v) is 4.47. The van der Waals surface area contributed by atoms with Gasteiger partial charge in [-0.2, -0.15) is 0 Å². The van der Waals surface area contributed by atoms with Gasteiger partial charge in [0.25, 0.3) is 0 Å². The molecule has 1 aromatic rings. The molecule has 1 aliphatic heterocycles. The van der Waals surface area contributed by atoms with Crippen LogP contribution in [0.2, 0.25) is 0 Å². The molecule has 0 spiro atoms. The summed E-state index contributed by atoms with van der Waals surface area (Å²) in [5.74, 6) is 1.61. The highest BCUT2D eigenvalue weighted by molar-refractivity contribution is 7.85. The number of nitrogens with zero attached hydrogens (tertiary/aromatic N) is 3. The minimum absolute atomic E-state index is 0.173. The summed E-state index contributed by atoms with van der Waals surface area (Å²) in [5, 5.41) is 20.2. The smallest absolute Gasteiger partial charge is 0.0964 e. The molecule has 0 radical (unpaired) electrons. The zero-order valence-electron chi connectivity index (χ0n) is 10.4. The van der Waals surface area contributed by atoms with Gasteiger partial charge in [-0.3, -0.25) is 8.89 Å². The fourth-order valence-corrected chi connectivity index (χ4v) is 3.31. The van der Waals surface area contributed by atoms with Gasteiger partial charge in [0.05, 0.1) is 5.69 Å². The molecule has 2 heterocycles. The first-order valence-electron chi connectivity index (χ1n) is 6.36. The first-order chi connectivity index (χ1) is 8.78. The Bertz CT molecular complexity index is 386. The first kappa shape index (κ1) is 13.6. The van der Waals surface area contributed by atoms with Crippen LogP contribution >= 0.6 is 0 Å². The molecule has 0 saturated carbocycles. The van der Waals surface area contributed by atoms with E-state index >= 15 is 0 Å². The molecule has 0 unspecified atom stereocenters. The quantitative estimate of drug-likeness (QED) is 0.740. The topological polar surface area (TPSA) is 80.0 Å². The largest absolute Gasteiger partial charge is 0.396 e. The van der Waals surface area contributed by atoms with Crippen LogP contribution in [0.3, 0.4) is 0 Å². The highest BCUT2D eigenvalue weighted by Crippen LogP contribution is 2.09. The van der Waals surface area contributed by atoms with Crippen molar-refractivity contribution >= 4 is 10.8 Å². The number of aliphatic hydroxyl groups excluding tert-OH is 1. The van der Waals surface area contributed by atoms with Crippen molar-refractivity contribution in [3.8, 4) is 0 Å². The van der Waals surface area contributed by atoms with Crippen LogP contribution in [-0.2, 0) is 23.9 Å². The lowest BCUT2D eigenvalue weighted by molar-refractivity contribution is 0.276. The van der Waals surface area contributed by atoms with Gasteiger partial charge >= 0.3 is 0 Å². The molecular weight excluding hydrogens is 252 g/mol. The summed E-state index contributed by atoms with van der Waals surface area (Å²) in [4.78, 5) is 0. The van der Waals surface area contributed by atoms with Crippen molar-refractivity contribution in [3.63, 3.8) is 0 Å². The maximum Gasteiger partial charge on any atom is 0.0964 e. The van der Waals surface area contributed by atoms with Gasteiger partial charge < -0.3 is 10.4 Å². The predicted octanol–water partition coefficient (Wildman–Crippen LogP) is -0.339. The maximum absolute atomic E-state index is 11.2. The summed E-state index contributed by atoms with van der Waals surface area (Å²) in [6.07, 6.45) is 4.56. The van der Waals surface area contributed by atoms with E-state index in [1.54, 1.807) is 4.68 Å². The summed E-state index contributed by atoms with van der Waals surface area (Å²) in [6.45, 7) is 1.58. The van der Waals surface area contributed by atoms with Crippen molar-refractivity contribution in [2.24, 2.45) is 0 Å².